The Kier molecular flexibility index (Phi) is 3.80. The highest BCUT2D eigenvalue weighted by Crippen LogP contribution is 2.26. The molecule has 1 rings (SSSR count). The van der Waals surface area contributed by atoms with Crippen molar-refractivity contribution in [2.24, 2.45) is 0 Å². The number of alkyl halides is 1. The Morgan fingerprint density at radius 1 is 1.13 bits per heavy atom. The van der Waals surface area contributed by atoms with Crippen LogP contribution in [-0.4, -0.2) is 15.9 Å². The van der Waals surface area contributed by atoms with Crippen LogP contribution in [0.1, 0.15) is 19.4 Å². The van der Waals surface area contributed by atoms with Crippen LogP contribution in [0.5, 0.6) is 0 Å². The molecule has 0 bridgehead atoms. The van der Waals surface area contributed by atoms with Crippen LogP contribution in [0.3, 0.4) is 0 Å². The first-order valence-corrected chi connectivity index (χ1v) is 5.51. The van der Waals surface area contributed by atoms with Crippen LogP contribution in [0.15, 0.2) is 30.3 Å². The van der Waals surface area contributed by atoms with Gasteiger partial charge >= 0.3 is 0 Å². The minimum absolute atomic E-state index is 0.154. The average molecular weight is 269 g/mol. The number of hydrogen-bond acceptors (Lipinski definition) is 2. The Bertz CT molecular complexity index is 356. The molecule has 0 aliphatic rings. The van der Waals surface area contributed by atoms with Crippen LogP contribution in [0.25, 0.3) is 0 Å². The van der Waals surface area contributed by atoms with Gasteiger partial charge in [0.1, 0.15) is 4.32 Å². The first kappa shape index (κ1) is 12.1. The predicted octanol–water partition coefficient (Wildman–Crippen LogP) is 2.54. The SMILES string of the molecule is CC(=O)C(Br)(Cc1ccccc1)C(C)=O. The molecule has 0 atom stereocenters. The van der Waals surface area contributed by atoms with E-state index in [-0.39, 0.29) is 11.6 Å². The molecular weight excluding hydrogens is 256 g/mol. The van der Waals surface area contributed by atoms with Crippen molar-refractivity contribution in [3.05, 3.63) is 35.9 Å². The van der Waals surface area contributed by atoms with Gasteiger partial charge in [0.2, 0.25) is 0 Å². The van der Waals surface area contributed by atoms with Gasteiger partial charge in [0.25, 0.3) is 0 Å². The number of benzene rings is 1. The number of halogens is 1. The molecule has 0 saturated heterocycles. The third kappa shape index (κ3) is 2.75. The van der Waals surface area contributed by atoms with E-state index < -0.39 is 4.32 Å². The van der Waals surface area contributed by atoms with Crippen LogP contribution >= 0.6 is 15.9 Å². The van der Waals surface area contributed by atoms with Crippen molar-refractivity contribution < 1.29 is 9.59 Å². The van der Waals surface area contributed by atoms with Gasteiger partial charge in [-0.2, -0.15) is 0 Å². The van der Waals surface area contributed by atoms with E-state index in [1.807, 2.05) is 30.3 Å². The predicted molar refractivity (Wildman–Crippen MR) is 63.2 cm³/mol. The Morgan fingerprint density at radius 3 is 2.00 bits per heavy atom. The van der Waals surface area contributed by atoms with Gasteiger partial charge in [-0.1, -0.05) is 46.3 Å². The summed E-state index contributed by atoms with van der Waals surface area (Å²) in [5.41, 5.74) is 0.972. The molecule has 0 saturated carbocycles. The highest BCUT2D eigenvalue weighted by atomic mass is 79.9. The van der Waals surface area contributed by atoms with Crippen molar-refractivity contribution in [2.75, 3.05) is 0 Å². The fraction of sp³-hybridized carbons (Fsp3) is 0.333. The van der Waals surface area contributed by atoms with Crippen molar-refractivity contribution in [1.29, 1.82) is 0 Å². The van der Waals surface area contributed by atoms with Gasteiger partial charge in [-0.05, 0) is 19.4 Å². The quantitative estimate of drug-likeness (QED) is 0.621. The molecule has 0 heterocycles. The molecule has 0 aliphatic carbocycles. The Morgan fingerprint density at radius 2 is 1.60 bits per heavy atom. The van der Waals surface area contributed by atoms with Gasteiger partial charge in [-0.15, -0.1) is 0 Å². The number of carbonyl (C=O) groups is 2. The summed E-state index contributed by atoms with van der Waals surface area (Å²) in [6, 6.07) is 9.50. The number of Topliss-reactive ketones (excluding diaryl/α,β-unsaturated/α-hetero) is 2. The molecule has 0 spiro atoms. The standard InChI is InChI=1S/C12H13BrO2/c1-9(14)12(13,10(2)15)8-11-6-4-3-5-7-11/h3-7H,8H2,1-2H3. The van der Waals surface area contributed by atoms with Crippen molar-refractivity contribution in [1.82, 2.24) is 0 Å². The van der Waals surface area contributed by atoms with Gasteiger partial charge in [-0.25, -0.2) is 0 Å². The van der Waals surface area contributed by atoms with Crippen LogP contribution in [-0.2, 0) is 16.0 Å². The first-order valence-electron chi connectivity index (χ1n) is 4.72. The summed E-state index contributed by atoms with van der Waals surface area (Å²) < 4.78 is -1.06. The monoisotopic (exact) mass is 268 g/mol. The number of carbonyl (C=O) groups excluding carboxylic acids is 2. The molecule has 1 aromatic carbocycles. The molecule has 0 N–H and O–H groups in total. The summed E-state index contributed by atoms with van der Waals surface area (Å²) in [6.45, 7) is 2.86. The summed E-state index contributed by atoms with van der Waals surface area (Å²) in [6.07, 6.45) is 0.401. The lowest BCUT2D eigenvalue weighted by atomic mass is 9.92. The maximum absolute atomic E-state index is 11.4. The van der Waals surface area contributed by atoms with E-state index >= 15 is 0 Å². The summed E-state index contributed by atoms with van der Waals surface area (Å²) in [7, 11) is 0. The van der Waals surface area contributed by atoms with E-state index in [9.17, 15) is 9.59 Å². The fourth-order valence-electron chi connectivity index (χ4n) is 1.37. The molecule has 0 fully saturated rings. The third-order valence-electron chi connectivity index (χ3n) is 2.41. The second-order valence-corrected chi connectivity index (χ2v) is 4.93. The van der Waals surface area contributed by atoms with Gasteiger partial charge in [0, 0.05) is 6.42 Å². The van der Waals surface area contributed by atoms with Crippen LogP contribution in [0.4, 0.5) is 0 Å². The average Bonchev–Trinajstić information content (AvgIpc) is 2.18. The summed E-state index contributed by atoms with van der Waals surface area (Å²) in [4.78, 5) is 22.9. The molecule has 1 aromatic rings. The van der Waals surface area contributed by atoms with Crippen LogP contribution in [0, 0.1) is 0 Å². The molecule has 15 heavy (non-hydrogen) atoms. The number of hydrogen-bond donors (Lipinski definition) is 0. The molecular formula is C12H13BrO2. The summed E-state index contributed by atoms with van der Waals surface area (Å²) >= 11 is 3.25. The maximum atomic E-state index is 11.4. The minimum atomic E-state index is -1.06. The van der Waals surface area contributed by atoms with Crippen LogP contribution < -0.4 is 0 Å². The highest BCUT2D eigenvalue weighted by molar-refractivity contribution is 9.10. The van der Waals surface area contributed by atoms with E-state index in [0.717, 1.165) is 5.56 Å². The van der Waals surface area contributed by atoms with Gasteiger partial charge < -0.3 is 0 Å². The lowest BCUT2D eigenvalue weighted by molar-refractivity contribution is -0.127. The second-order valence-electron chi connectivity index (χ2n) is 3.58. The Labute approximate surface area is 97.8 Å². The van der Waals surface area contributed by atoms with E-state index in [2.05, 4.69) is 15.9 Å². The van der Waals surface area contributed by atoms with E-state index in [0.29, 0.717) is 6.42 Å². The Hall–Kier alpha value is -0.960. The molecule has 0 aromatic heterocycles. The topological polar surface area (TPSA) is 34.1 Å². The van der Waals surface area contributed by atoms with E-state index in [1.165, 1.54) is 13.8 Å². The zero-order chi connectivity index (χ0) is 11.5. The molecule has 3 heteroatoms. The number of ketones is 2. The zero-order valence-electron chi connectivity index (χ0n) is 8.79. The second kappa shape index (κ2) is 4.71. The maximum Gasteiger partial charge on any atom is 0.154 e. The summed E-state index contributed by atoms with van der Waals surface area (Å²) in [5, 5.41) is 0. The number of rotatable bonds is 4. The third-order valence-corrected chi connectivity index (χ3v) is 3.80. The summed E-state index contributed by atoms with van der Waals surface area (Å²) in [5.74, 6) is -0.308. The van der Waals surface area contributed by atoms with Crippen LogP contribution in [0.2, 0.25) is 0 Å². The molecule has 80 valence electrons. The first-order chi connectivity index (χ1) is 6.97. The molecule has 2 nitrogen and oxygen atoms in total. The van der Waals surface area contributed by atoms with E-state index in [1.54, 1.807) is 0 Å². The fourth-order valence-corrected chi connectivity index (χ4v) is 1.70. The lowest BCUT2D eigenvalue weighted by Gasteiger charge is -2.21. The molecule has 0 unspecified atom stereocenters. The lowest BCUT2D eigenvalue weighted by Crippen LogP contribution is -2.39. The molecule has 0 aliphatic heterocycles. The molecule has 0 amide bonds. The van der Waals surface area contributed by atoms with Crippen molar-refractivity contribution in [3.8, 4) is 0 Å². The van der Waals surface area contributed by atoms with E-state index in [4.69, 9.17) is 0 Å². The van der Waals surface area contributed by atoms with Crippen molar-refractivity contribution in [2.45, 2.75) is 24.6 Å². The largest absolute Gasteiger partial charge is 0.298 e. The normalized spacial score (nSPS) is 11.1. The van der Waals surface area contributed by atoms with Gasteiger partial charge in [0.15, 0.2) is 11.6 Å². The molecule has 0 radical (unpaired) electrons. The van der Waals surface area contributed by atoms with Gasteiger partial charge in [0.05, 0.1) is 0 Å². The highest BCUT2D eigenvalue weighted by Gasteiger charge is 2.37. The minimum Gasteiger partial charge on any atom is -0.298 e. The van der Waals surface area contributed by atoms with Crippen molar-refractivity contribution >= 4 is 27.5 Å². The van der Waals surface area contributed by atoms with Gasteiger partial charge in [-0.3, -0.25) is 9.59 Å². The van der Waals surface area contributed by atoms with Crippen molar-refractivity contribution in [3.63, 3.8) is 0 Å². The zero-order valence-corrected chi connectivity index (χ0v) is 10.4. The Balaban J connectivity index is 2.95. The smallest absolute Gasteiger partial charge is 0.154 e.